The average Bonchev–Trinajstić information content (AvgIpc) is 4.02. The topological polar surface area (TPSA) is 229 Å². The average molecular weight is 969 g/mol. The summed E-state index contributed by atoms with van der Waals surface area (Å²) in [7, 11) is 6.00. The first kappa shape index (κ1) is 49.9. The molecule has 5 aliphatic heterocycles. The summed E-state index contributed by atoms with van der Waals surface area (Å²) in [4.78, 5) is 68.7. The second-order valence-corrected chi connectivity index (χ2v) is 21.5. The number of anilines is 1. The van der Waals surface area contributed by atoms with Gasteiger partial charge in [-0.3, -0.25) is 19.4 Å². The number of para-hydroxylation sites is 1. The number of piperidine rings is 1. The molecule has 17 heteroatoms. The first-order chi connectivity index (χ1) is 33.4. The summed E-state index contributed by atoms with van der Waals surface area (Å²) in [6.07, 6.45) is 5.29. The lowest BCUT2D eigenvalue weighted by atomic mass is 9.47. The quantitative estimate of drug-likeness (QED) is 0.0823. The molecular weight excluding hydrogens is 897 g/mol. The van der Waals surface area contributed by atoms with Gasteiger partial charge in [-0.2, -0.15) is 0 Å². The maximum Gasteiger partial charge on any atom is 0.344 e. The maximum atomic E-state index is 15.5. The molecule has 4 unspecified atom stereocenters. The number of aromatic nitrogens is 1. The molecule has 2 aromatic carbocycles. The van der Waals surface area contributed by atoms with Crippen LogP contribution in [0.15, 0.2) is 48.6 Å². The van der Waals surface area contributed by atoms with Crippen molar-refractivity contribution in [2.45, 2.75) is 125 Å². The molecule has 1 aliphatic carbocycles. The van der Waals surface area contributed by atoms with Gasteiger partial charge in [-0.15, -0.1) is 0 Å². The molecule has 70 heavy (non-hydrogen) atoms. The van der Waals surface area contributed by atoms with Crippen molar-refractivity contribution in [3.8, 4) is 5.75 Å². The molecule has 6 aliphatic rings. The predicted molar refractivity (Wildman–Crippen MR) is 261 cm³/mol. The van der Waals surface area contributed by atoms with Gasteiger partial charge in [0, 0.05) is 84.0 Å². The zero-order chi connectivity index (χ0) is 50.3. The summed E-state index contributed by atoms with van der Waals surface area (Å²) in [6, 6.07) is 7.93. The molecule has 1 spiro atoms. The number of amides is 1. The highest BCUT2D eigenvalue weighted by Gasteiger charge is 2.80. The van der Waals surface area contributed by atoms with E-state index in [0.29, 0.717) is 87.5 Å². The van der Waals surface area contributed by atoms with Gasteiger partial charge in [0.2, 0.25) is 11.5 Å². The normalized spacial score (nSPS) is 34.0. The SMILES string of the molecule is CC[C@]1(O)C[C@@H]2CN(CCc3c([nH]c4ccccc34)[C@@](C(=O)OC)(c3cc4c(cc3OC)N(C)C3C45CCN4CC=C[C@](CC)(C45)[C@@H](OC(=O)[C@H](CC(C)C)NC(=O)[C@@H](N)CO)[C@]3(O)C(=O)OC)C2)C1. The zero-order valence-corrected chi connectivity index (χ0v) is 41.9. The Morgan fingerprint density at radius 3 is 2.39 bits per heavy atom. The van der Waals surface area contributed by atoms with Crippen LogP contribution in [-0.2, 0) is 50.6 Å². The number of methoxy groups -OCH3 is 3. The van der Waals surface area contributed by atoms with Crippen LogP contribution in [0.25, 0.3) is 10.9 Å². The number of hydrogen-bond acceptors (Lipinski definition) is 15. The van der Waals surface area contributed by atoms with Crippen LogP contribution in [-0.4, -0.2) is 163 Å². The minimum absolute atomic E-state index is 0.104. The summed E-state index contributed by atoms with van der Waals surface area (Å²) in [6.45, 7) is 10.1. The molecule has 6 heterocycles. The van der Waals surface area contributed by atoms with Crippen molar-refractivity contribution in [2.24, 2.45) is 23.0 Å². The number of H-pyrrole nitrogens is 1. The molecule has 0 radical (unpaired) electrons. The van der Waals surface area contributed by atoms with Crippen LogP contribution in [0.1, 0.15) is 88.6 Å². The highest BCUT2D eigenvalue weighted by molar-refractivity contribution is 5.95. The maximum absolute atomic E-state index is 15.5. The fraction of sp³-hybridized carbons (Fsp3) is 0.623. The lowest BCUT2D eigenvalue weighted by molar-refractivity contribution is -0.230. The minimum atomic E-state index is -2.53. The molecule has 9 rings (SSSR count). The molecule has 1 amide bonds. The molecule has 1 saturated carbocycles. The number of esters is 3. The highest BCUT2D eigenvalue weighted by Crippen LogP contribution is 2.68. The number of fused-ring (bicyclic) bond motifs is 6. The zero-order valence-electron chi connectivity index (χ0n) is 41.9. The van der Waals surface area contributed by atoms with E-state index in [-0.39, 0.29) is 24.7 Å². The number of carbonyl (C=O) groups is 4. The summed E-state index contributed by atoms with van der Waals surface area (Å²) in [5.74, 6) is -2.96. The van der Waals surface area contributed by atoms with Gasteiger partial charge in [-0.05, 0) is 86.6 Å². The van der Waals surface area contributed by atoms with Crippen molar-refractivity contribution in [2.75, 3.05) is 72.6 Å². The third-order valence-corrected chi connectivity index (χ3v) is 17.4. The molecule has 2 bridgehead atoms. The van der Waals surface area contributed by atoms with Gasteiger partial charge in [-0.25, -0.2) is 9.59 Å². The van der Waals surface area contributed by atoms with Gasteiger partial charge in [0.15, 0.2) is 6.10 Å². The molecule has 7 N–H and O–H groups in total. The molecule has 17 nitrogen and oxygen atoms in total. The van der Waals surface area contributed by atoms with E-state index in [9.17, 15) is 29.7 Å². The summed E-state index contributed by atoms with van der Waals surface area (Å²) in [5.41, 5.74) is 3.20. The number of nitrogens with two attached hydrogens (primary N) is 1. The largest absolute Gasteiger partial charge is 0.496 e. The van der Waals surface area contributed by atoms with E-state index >= 15 is 4.79 Å². The summed E-state index contributed by atoms with van der Waals surface area (Å²) < 4.78 is 24.6. The number of rotatable bonds is 13. The Labute approximate surface area is 410 Å². The van der Waals surface area contributed by atoms with Gasteiger partial charge < -0.3 is 55.2 Å². The molecular formula is C53H72N6O11. The second-order valence-electron chi connectivity index (χ2n) is 21.5. The number of hydrogen-bond donors (Lipinski definition) is 6. The number of benzene rings is 2. The standard InChI is InChI=1S/C53H72N6O11/c1-9-49(65)25-31-26-52(47(63)68-7,41-33(16-20-58(27-31)29-49)32-14-11-12-15-37(32)55-41)35-23-34-39(24-40(35)67-6)57(5)45-51(34)18-21-59-19-13-17-50(10-2,44(51)59)46(53(45,66)48(64)69-8)70-43(62)38(22-30(3)4)56-42(61)36(54)28-60/h11-15,17,23-24,30-31,36,38,44-46,55,60,65-66H,9-10,16,18-22,25-29,54H2,1-8H3,(H,56,61)/t31-,36-,38-,44?,45?,46+,49-,50+,51?,52-,53-/m0/s1. The Balaban J connectivity index is 1.29. The van der Waals surface area contributed by atoms with Crippen molar-refractivity contribution < 1.29 is 53.4 Å². The van der Waals surface area contributed by atoms with Crippen molar-refractivity contribution in [1.29, 1.82) is 0 Å². The lowest BCUT2D eigenvalue weighted by Crippen LogP contribution is -2.81. The number of aliphatic hydroxyl groups excluding tert-OH is 1. The van der Waals surface area contributed by atoms with E-state index in [1.54, 1.807) is 7.11 Å². The smallest absolute Gasteiger partial charge is 0.344 e. The Hall–Kier alpha value is -5.04. The Kier molecular flexibility index (Phi) is 13.0. The number of aromatic amines is 1. The number of nitrogens with zero attached hydrogens (tertiary/aromatic N) is 3. The summed E-state index contributed by atoms with van der Waals surface area (Å²) >= 11 is 0. The van der Waals surface area contributed by atoms with E-state index in [1.807, 2.05) is 76.1 Å². The number of likely N-dealkylation sites (N-methyl/N-ethyl adjacent to an activating group) is 1. The molecule has 1 aromatic heterocycles. The first-order valence-corrected chi connectivity index (χ1v) is 25.1. The van der Waals surface area contributed by atoms with Gasteiger partial charge in [-0.1, -0.05) is 58.0 Å². The van der Waals surface area contributed by atoms with Crippen LogP contribution in [0.2, 0.25) is 0 Å². The van der Waals surface area contributed by atoms with Crippen LogP contribution in [0.5, 0.6) is 5.75 Å². The predicted octanol–water partition coefficient (Wildman–Crippen LogP) is 2.82. The van der Waals surface area contributed by atoms with E-state index in [1.165, 1.54) is 14.2 Å². The number of aliphatic hydroxyl groups is 3. The van der Waals surface area contributed by atoms with Crippen LogP contribution in [0.4, 0.5) is 5.69 Å². The van der Waals surface area contributed by atoms with Crippen LogP contribution in [0, 0.1) is 17.3 Å². The molecule has 380 valence electrons. The monoisotopic (exact) mass is 969 g/mol. The van der Waals surface area contributed by atoms with Crippen molar-refractivity contribution in [1.82, 2.24) is 20.1 Å². The molecule has 12 atom stereocenters. The Bertz CT molecular complexity index is 2580. The number of nitrogens with one attached hydrogen (secondary N) is 2. The molecule has 3 aromatic rings. The van der Waals surface area contributed by atoms with Crippen molar-refractivity contribution in [3.63, 3.8) is 0 Å². The lowest BCUT2D eigenvalue weighted by Gasteiger charge is -2.63. The third-order valence-electron chi connectivity index (χ3n) is 17.4. The number of ether oxygens (including phenoxy) is 4. The van der Waals surface area contributed by atoms with Crippen LogP contribution >= 0.6 is 0 Å². The number of carbonyl (C=O) groups excluding carboxylic acids is 4. The highest BCUT2D eigenvalue weighted by atomic mass is 16.6. The Morgan fingerprint density at radius 2 is 1.71 bits per heavy atom. The van der Waals surface area contributed by atoms with E-state index in [2.05, 4.69) is 32.2 Å². The van der Waals surface area contributed by atoms with E-state index in [0.717, 1.165) is 22.0 Å². The molecule has 3 fully saturated rings. The van der Waals surface area contributed by atoms with Crippen LogP contribution < -0.4 is 20.7 Å². The van der Waals surface area contributed by atoms with Gasteiger partial charge in [0.25, 0.3) is 0 Å². The fourth-order valence-electron chi connectivity index (χ4n) is 14.6. The first-order valence-electron chi connectivity index (χ1n) is 25.1. The van der Waals surface area contributed by atoms with Gasteiger partial charge in [0.05, 0.1) is 39.6 Å². The summed E-state index contributed by atoms with van der Waals surface area (Å²) in [5, 5.41) is 39.3. The van der Waals surface area contributed by atoms with Gasteiger partial charge >= 0.3 is 17.9 Å². The second kappa shape index (κ2) is 18.2. The van der Waals surface area contributed by atoms with E-state index < -0.39 is 88.1 Å². The fourth-order valence-corrected chi connectivity index (χ4v) is 14.6. The van der Waals surface area contributed by atoms with Crippen molar-refractivity contribution in [3.05, 3.63) is 70.9 Å². The van der Waals surface area contributed by atoms with Crippen molar-refractivity contribution >= 4 is 40.4 Å². The van der Waals surface area contributed by atoms with Crippen LogP contribution in [0.3, 0.4) is 0 Å². The van der Waals surface area contributed by atoms with E-state index in [4.69, 9.17) is 24.7 Å². The third kappa shape index (κ3) is 7.22. The molecule has 2 saturated heterocycles. The Morgan fingerprint density at radius 1 is 0.971 bits per heavy atom. The van der Waals surface area contributed by atoms with Gasteiger partial charge in [0.1, 0.15) is 23.2 Å². The minimum Gasteiger partial charge on any atom is -0.496 e.